The Kier molecular flexibility index (Phi) is 8.38. The summed E-state index contributed by atoms with van der Waals surface area (Å²) in [5.41, 5.74) is 0.507. The van der Waals surface area contributed by atoms with E-state index in [4.69, 9.17) is 9.47 Å². The van der Waals surface area contributed by atoms with Gasteiger partial charge in [-0.3, -0.25) is 4.79 Å². The molecule has 0 aliphatic carbocycles. The maximum Gasteiger partial charge on any atom is 0.330 e. The predicted molar refractivity (Wildman–Crippen MR) is 76.2 cm³/mol. The van der Waals surface area contributed by atoms with E-state index in [0.29, 0.717) is 25.3 Å². The van der Waals surface area contributed by atoms with Crippen molar-refractivity contribution < 1.29 is 19.1 Å². The summed E-state index contributed by atoms with van der Waals surface area (Å²) in [6.45, 7) is 3.75. The molecule has 112 valence electrons. The molecule has 5 nitrogen and oxygen atoms in total. The molecule has 0 saturated carbocycles. The zero-order valence-electron chi connectivity index (χ0n) is 12.0. The minimum absolute atomic E-state index is 0.145. The number of rotatable bonds is 3. The van der Waals surface area contributed by atoms with Crippen LogP contribution in [0.5, 0.6) is 0 Å². The van der Waals surface area contributed by atoms with E-state index >= 15 is 0 Å². The number of ether oxygens (including phenoxy) is 2. The molecule has 1 aliphatic rings. The van der Waals surface area contributed by atoms with Crippen LogP contribution >= 0.6 is 0 Å². The average Bonchev–Trinajstić information content (AvgIpc) is 2.44. The summed E-state index contributed by atoms with van der Waals surface area (Å²) in [6.07, 6.45) is 8.24. The summed E-state index contributed by atoms with van der Waals surface area (Å²) in [4.78, 5) is 23.3. The Labute approximate surface area is 120 Å². The Morgan fingerprint density at radius 1 is 1.25 bits per heavy atom. The SMILES string of the molecule is CCOC/C1=C/C=C/C(=O)OCCCCCCNC1=O. The Morgan fingerprint density at radius 2 is 2.05 bits per heavy atom. The monoisotopic (exact) mass is 281 g/mol. The number of carbonyl (C=O) groups is 2. The lowest BCUT2D eigenvalue weighted by atomic mass is 10.2. The summed E-state index contributed by atoms with van der Waals surface area (Å²) < 4.78 is 10.3. The summed E-state index contributed by atoms with van der Waals surface area (Å²) in [6, 6.07) is 0. The number of cyclic esters (lactones) is 1. The molecule has 1 amide bonds. The summed E-state index contributed by atoms with van der Waals surface area (Å²) >= 11 is 0. The van der Waals surface area contributed by atoms with E-state index in [9.17, 15) is 9.59 Å². The third-order valence-corrected chi connectivity index (χ3v) is 2.88. The standard InChI is InChI=1S/C15H23NO4/c1-2-19-12-13-8-7-9-14(17)20-11-6-4-3-5-10-16-15(13)18/h7-9H,2-6,10-12H2,1H3,(H,16,18)/b9-7+,13-8-. The highest BCUT2D eigenvalue weighted by molar-refractivity contribution is 5.94. The van der Waals surface area contributed by atoms with E-state index in [0.717, 1.165) is 25.7 Å². The lowest BCUT2D eigenvalue weighted by Gasteiger charge is -2.09. The molecule has 1 N–H and O–H groups in total. The molecule has 0 atom stereocenters. The summed E-state index contributed by atoms with van der Waals surface area (Å²) in [5.74, 6) is -0.525. The van der Waals surface area contributed by atoms with Crippen molar-refractivity contribution in [3.8, 4) is 0 Å². The highest BCUT2D eigenvalue weighted by Gasteiger charge is 2.08. The van der Waals surface area contributed by atoms with Crippen LogP contribution in [0.4, 0.5) is 0 Å². The quantitative estimate of drug-likeness (QED) is 0.800. The van der Waals surface area contributed by atoms with Gasteiger partial charge < -0.3 is 14.8 Å². The van der Waals surface area contributed by atoms with Crippen molar-refractivity contribution in [1.82, 2.24) is 5.32 Å². The molecule has 0 aromatic rings. The van der Waals surface area contributed by atoms with E-state index < -0.39 is 0 Å². The van der Waals surface area contributed by atoms with Crippen molar-refractivity contribution in [2.24, 2.45) is 0 Å². The van der Waals surface area contributed by atoms with E-state index in [1.165, 1.54) is 12.2 Å². The van der Waals surface area contributed by atoms with Crippen LogP contribution in [0, 0.1) is 0 Å². The van der Waals surface area contributed by atoms with E-state index in [2.05, 4.69) is 5.32 Å². The molecular formula is C15H23NO4. The van der Waals surface area contributed by atoms with Gasteiger partial charge in [-0.05, 0) is 26.2 Å². The van der Waals surface area contributed by atoms with Crippen molar-refractivity contribution in [2.45, 2.75) is 32.6 Å². The molecule has 0 bridgehead atoms. The van der Waals surface area contributed by atoms with Gasteiger partial charge in [-0.2, -0.15) is 0 Å². The zero-order valence-corrected chi connectivity index (χ0v) is 12.0. The van der Waals surface area contributed by atoms with E-state index in [1.54, 1.807) is 6.08 Å². The Bertz CT molecular complexity index is 374. The van der Waals surface area contributed by atoms with E-state index in [-0.39, 0.29) is 18.5 Å². The molecule has 0 fully saturated rings. The van der Waals surface area contributed by atoms with Crippen molar-refractivity contribution in [2.75, 3.05) is 26.4 Å². The first-order valence-corrected chi connectivity index (χ1v) is 7.14. The van der Waals surface area contributed by atoms with Gasteiger partial charge >= 0.3 is 5.97 Å². The second-order valence-electron chi connectivity index (χ2n) is 4.53. The van der Waals surface area contributed by atoms with Crippen LogP contribution in [0.15, 0.2) is 23.8 Å². The second kappa shape index (κ2) is 10.2. The summed E-state index contributed by atoms with van der Waals surface area (Å²) in [5, 5.41) is 2.87. The molecule has 0 aromatic carbocycles. The number of esters is 1. The number of nitrogens with one attached hydrogen (secondary N) is 1. The molecular weight excluding hydrogens is 258 g/mol. The highest BCUT2D eigenvalue weighted by atomic mass is 16.5. The van der Waals surface area contributed by atoms with Crippen molar-refractivity contribution in [1.29, 1.82) is 0 Å². The maximum atomic E-state index is 12.0. The van der Waals surface area contributed by atoms with Gasteiger partial charge in [0.25, 0.3) is 0 Å². The number of hydrogen-bond acceptors (Lipinski definition) is 4. The van der Waals surface area contributed by atoms with Crippen molar-refractivity contribution in [3.05, 3.63) is 23.8 Å². The van der Waals surface area contributed by atoms with Gasteiger partial charge in [-0.1, -0.05) is 18.6 Å². The van der Waals surface area contributed by atoms with Crippen LogP contribution in [-0.4, -0.2) is 38.2 Å². The topological polar surface area (TPSA) is 64.6 Å². The van der Waals surface area contributed by atoms with Crippen LogP contribution in [0.3, 0.4) is 0 Å². The van der Waals surface area contributed by atoms with Crippen LogP contribution < -0.4 is 5.32 Å². The lowest BCUT2D eigenvalue weighted by Crippen LogP contribution is -2.28. The molecule has 1 rings (SSSR count). The molecule has 0 radical (unpaired) electrons. The number of hydrogen-bond donors (Lipinski definition) is 1. The fraction of sp³-hybridized carbons (Fsp3) is 0.600. The van der Waals surface area contributed by atoms with Gasteiger partial charge in [0.05, 0.1) is 13.2 Å². The fourth-order valence-electron chi connectivity index (χ4n) is 1.76. The molecule has 1 aliphatic heterocycles. The van der Waals surface area contributed by atoms with Gasteiger partial charge in [-0.25, -0.2) is 4.79 Å². The first-order valence-electron chi connectivity index (χ1n) is 7.14. The predicted octanol–water partition coefficient (Wildman–Crippen LogP) is 1.74. The molecule has 20 heavy (non-hydrogen) atoms. The Morgan fingerprint density at radius 3 is 2.85 bits per heavy atom. The Balaban J connectivity index is 2.69. The average molecular weight is 281 g/mol. The van der Waals surface area contributed by atoms with Crippen LogP contribution in [0.1, 0.15) is 32.6 Å². The molecule has 0 saturated heterocycles. The molecule has 0 unspecified atom stereocenters. The van der Waals surface area contributed by atoms with Gasteiger partial charge in [0.15, 0.2) is 0 Å². The third-order valence-electron chi connectivity index (χ3n) is 2.88. The Hall–Kier alpha value is -1.62. The molecule has 1 heterocycles. The van der Waals surface area contributed by atoms with Gasteiger partial charge in [0.2, 0.25) is 5.91 Å². The van der Waals surface area contributed by atoms with Gasteiger partial charge in [0, 0.05) is 24.8 Å². The summed E-state index contributed by atoms with van der Waals surface area (Å²) in [7, 11) is 0. The van der Waals surface area contributed by atoms with Gasteiger partial charge in [-0.15, -0.1) is 0 Å². The lowest BCUT2D eigenvalue weighted by molar-refractivity contribution is -0.137. The second-order valence-corrected chi connectivity index (χ2v) is 4.53. The minimum Gasteiger partial charge on any atom is -0.463 e. The first-order chi connectivity index (χ1) is 9.74. The smallest absolute Gasteiger partial charge is 0.330 e. The highest BCUT2D eigenvalue weighted by Crippen LogP contribution is 2.03. The molecule has 0 aromatic heterocycles. The van der Waals surface area contributed by atoms with Crippen molar-refractivity contribution in [3.63, 3.8) is 0 Å². The molecule has 5 heteroatoms. The van der Waals surface area contributed by atoms with Crippen LogP contribution in [0.25, 0.3) is 0 Å². The fourth-order valence-corrected chi connectivity index (χ4v) is 1.76. The zero-order chi connectivity index (χ0) is 14.6. The van der Waals surface area contributed by atoms with Gasteiger partial charge in [0.1, 0.15) is 0 Å². The van der Waals surface area contributed by atoms with Crippen LogP contribution in [-0.2, 0) is 19.1 Å². The number of allylic oxidation sites excluding steroid dienone is 2. The number of amides is 1. The minimum atomic E-state index is -0.380. The third kappa shape index (κ3) is 7.09. The van der Waals surface area contributed by atoms with Crippen molar-refractivity contribution >= 4 is 11.9 Å². The molecule has 0 spiro atoms. The van der Waals surface area contributed by atoms with Crippen LogP contribution in [0.2, 0.25) is 0 Å². The van der Waals surface area contributed by atoms with E-state index in [1.807, 2.05) is 6.92 Å². The largest absolute Gasteiger partial charge is 0.463 e. The maximum absolute atomic E-state index is 12.0. The normalized spacial score (nSPS) is 22.9. The number of carbonyl (C=O) groups excluding carboxylic acids is 2. The first kappa shape index (κ1) is 16.4.